The van der Waals surface area contributed by atoms with E-state index in [2.05, 4.69) is 11.9 Å². The van der Waals surface area contributed by atoms with Gasteiger partial charge < -0.3 is 15.4 Å². The second-order valence-corrected chi connectivity index (χ2v) is 6.17. The molecule has 1 spiro atoms. The maximum absolute atomic E-state index is 12.4. The summed E-state index contributed by atoms with van der Waals surface area (Å²) in [6.07, 6.45) is 2.72. The average Bonchev–Trinajstić information content (AvgIpc) is 2.47. The third-order valence-corrected chi connectivity index (χ3v) is 4.50. The predicted molar refractivity (Wildman–Crippen MR) is 82.2 cm³/mol. The summed E-state index contributed by atoms with van der Waals surface area (Å²) >= 11 is 0. The van der Waals surface area contributed by atoms with E-state index >= 15 is 0 Å². The molecule has 114 valence electrons. The van der Waals surface area contributed by atoms with Crippen LogP contribution < -0.4 is 10.6 Å². The standard InChI is InChI=1S/C16H23N3O2/c1-18-8-3-6-16(12-18)7-9-19(15(20)21-16)14-5-2-4-13(10-14)11-17/h2,4-5,10H,3,6-9,11-12,17H2,1H3. The molecule has 0 radical (unpaired) electrons. The minimum absolute atomic E-state index is 0.231. The number of piperidine rings is 1. The highest BCUT2D eigenvalue weighted by Crippen LogP contribution is 2.34. The number of likely N-dealkylation sites (N-methyl/N-ethyl adjacent to an activating group) is 1. The first-order valence-electron chi connectivity index (χ1n) is 7.60. The van der Waals surface area contributed by atoms with Gasteiger partial charge in [-0.25, -0.2) is 4.79 Å². The van der Waals surface area contributed by atoms with Gasteiger partial charge >= 0.3 is 6.09 Å². The molecule has 1 unspecified atom stereocenters. The van der Waals surface area contributed by atoms with Gasteiger partial charge in [0.25, 0.3) is 0 Å². The predicted octanol–water partition coefficient (Wildman–Crippen LogP) is 1.96. The quantitative estimate of drug-likeness (QED) is 0.904. The molecule has 2 aliphatic rings. The molecule has 1 aromatic carbocycles. The first kappa shape index (κ1) is 14.4. The number of hydrogen-bond acceptors (Lipinski definition) is 4. The van der Waals surface area contributed by atoms with Gasteiger partial charge in [0.15, 0.2) is 0 Å². The van der Waals surface area contributed by atoms with Gasteiger partial charge in [-0.1, -0.05) is 12.1 Å². The molecule has 0 bridgehead atoms. The van der Waals surface area contributed by atoms with Gasteiger partial charge in [0.2, 0.25) is 0 Å². The van der Waals surface area contributed by atoms with E-state index in [1.807, 2.05) is 24.3 Å². The first-order chi connectivity index (χ1) is 10.1. The Bertz CT molecular complexity index is 534. The number of likely N-dealkylation sites (tertiary alicyclic amines) is 1. The van der Waals surface area contributed by atoms with Crippen LogP contribution in [0.4, 0.5) is 10.5 Å². The lowest BCUT2D eigenvalue weighted by Crippen LogP contribution is -2.56. The van der Waals surface area contributed by atoms with E-state index in [4.69, 9.17) is 10.5 Å². The fraction of sp³-hybridized carbons (Fsp3) is 0.562. The first-order valence-corrected chi connectivity index (χ1v) is 7.60. The Morgan fingerprint density at radius 1 is 1.33 bits per heavy atom. The Hall–Kier alpha value is -1.59. The maximum Gasteiger partial charge on any atom is 0.414 e. The van der Waals surface area contributed by atoms with Crippen molar-refractivity contribution in [1.82, 2.24) is 4.90 Å². The Morgan fingerprint density at radius 3 is 2.90 bits per heavy atom. The molecule has 2 N–H and O–H groups in total. The molecule has 1 amide bonds. The van der Waals surface area contributed by atoms with Crippen LogP contribution in [0.1, 0.15) is 24.8 Å². The molecular weight excluding hydrogens is 266 g/mol. The largest absolute Gasteiger partial charge is 0.441 e. The molecular formula is C16H23N3O2. The van der Waals surface area contributed by atoms with Crippen LogP contribution in [0, 0.1) is 0 Å². The van der Waals surface area contributed by atoms with Gasteiger partial charge in [-0.3, -0.25) is 4.90 Å². The molecule has 1 atom stereocenters. The lowest BCUT2D eigenvalue weighted by molar-refractivity contribution is -0.0499. The smallest absolute Gasteiger partial charge is 0.414 e. The highest BCUT2D eigenvalue weighted by molar-refractivity contribution is 5.88. The summed E-state index contributed by atoms with van der Waals surface area (Å²) < 4.78 is 5.84. The van der Waals surface area contributed by atoms with Crippen molar-refractivity contribution < 1.29 is 9.53 Å². The third kappa shape index (κ3) is 2.89. The van der Waals surface area contributed by atoms with Crippen LogP contribution in [0.15, 0.2) is 24.3 Å². The van der Waals surface area contributed by atoms with E-state index in [0.717, 1.165) is 43.6 Å². The van der Waals surface area contributed by atoms with Gasteiger partial charge in [-0.2, -0.15) is 0 Å². The molecule has 2 heterocycles. The summed E-state index contributed by atoms with van der Waals surface area (Å²) in [4.78, 5) is 16.4. The van der Waals surface area contributed by atoms with Crippen molar-refractivity contribution in [3.05, 3.63) is 29.8 Å². The normalized spacial score (nSPS) is 27.0. The van der Waals surface area contributed by atoms with Gasteiger partial charge in [0.1, 0.15) is 5.60 Å². The van der Waals surface area contributed by atoms with Gasteiger partial charge in [-0.15, -0.1) is 0 Å². The van der Waals surface area contributed by atoms with Gasteiger partial charge in [-0.05, 0) is 44.1 Å². The fourth-order valence-electron chi connectivity index (χ4n) is 3.39. The monoisotopic (exact) mass is 289 g/mol. The maximum atomic E-state index is 12.4. The van der Waals surface area contributed by atoms with Crippen LogP contribution in [-0.4, -0.2) is 43.3 Å². The van der Waals surface area contributed by atoms with Crippen molar-refractivity contribution in [3.63, 3.8) is 0 Å². The zero-order valence-electron chi connectivity index (χ0n) is 12.5. The highest BCUT2D eigenvalue weighted by Gasteiger charge is 2.43. The minimum Gasteiger partial charge on any atom is -0.441 e. The van der Waals surface area contributed by atoms with Crippen LogP contribution in [0.5, 0.6) is 0 Å². The summed E-state index contributed by atoms with van der Waals surface area (Å²) in [5, 5.41) is 0. The molecule has 21 heavy (non-hydrogen) atoms. The van der Waals surface area contributed by atoms with E-state index in [1.165, 1.54) is 0 Å². The van der Waals surface area contributed by atoms with Crippen molar-refractivity contribution >= 4 is 11.8 Å². The molecule has 0 aliphatic carbocycles. The van der Waals surface area contributed by atoms with Crippen molar-refractivity contribution in [2.75, 3.05) is 31.6 Å². The third-order valence-electron chi connectivity index (χ3n) is 4.50. The molecule has 2 fully saturated rings. The lowest BCUT2D eigenvalue weighted by atomic mass is 9.88. The summed E-state index contributed by atoms with van der Waals surface area (Å²) in [6, 6.07) is 7.80. The molecule has 2 saturated heterocycles. The van der Waals surface area contributed by atoms with Crippen molar-refractivity contribution in [3.8, 4) is 0 Å². The minimum atomic E-state index is -0.286. The zero-order chi connectivity index (χ0) is 14.9. The van der Waals surface area contributed by atoms with Crippen molar-refractivity contribution in [1.29, 1.82) is 0 Å². The molecule has 0 saturated carbocycles. The van der Waals surface area contributed by atoms with E-state index in [-0.39, 0.29) is 11.7 Å². The van der Waals surface area contributed by atoms with Crippen LogP contribution in [0.25, 0.3) is 0 Å². The molecule has 1 aromatic rings. The second-order valence-electron chi connectivity index (χ2n) is 6.17. The van der Waals surface area contributed by atoms with Crippen molar-refractivity contribution in [2.24, 2.45) is 5.73 Å². The molecule has 2 aliphatic heterocycles. The highest BCUT2D eigenvalue weighted by atomic mass is 16.6. The number of nitrogens with two attached hydrogens (primary N) is 1. The van der Waals surface area contributed by atoms with Crippen molar-refractivity contribution in [2.45, 2.75) is 31.4 Å². The second kappa shape index (κ2) is 5.66. The Kier molecular flexibility index (Phi) is 3.87. The number of hydrogen-bond donors (Lipinski definition) is 1. The molecule has 5 nitrogen and oxygen atoms in total. The lowest BCUT2D eigenvalue weighted by Gasteiger charge is -2.45. The number of ether oxygens (including phenoxy) is 1. The Balaban J connectivity index is 1.75. The van der Waals surface area contributed by atoms with Crippen LogP contribution in [0.2, 0.25) is 0 Å². The number of carbonyl (C=O) groups is 1. The number of nitrogens with zero attached hydrogens (tertiary/aromatic N) is 2. The summed E-state index contributed by atoms with van der Waals surface area (Å²) in [5.41, 5.74) is 7.29. The molecule has 3 rings (SSSR count). The fourth-order valence-corrected chi connectivity index (χ4v) is 3.39. The number of benzene rings is 1. The average molecular weight is 289 g/mol. The Labute approximate surface area is 125 Å². The Morgan fingerprint density at radius 2 is 2.19 bits per heavy atom. The van der Waals surface area contributed by atoms with E-state index in [0.29, 0.717) is 13.1 Å². The van der Waals surface area contributed by atoms with E-state index in [1.54, 1.807) is 4.90 Å². The van der Waals surface area contributed by atoms with E-state index < -0.39 is 0 Å². The number of anilines is 1. The SMILES string of the molecule is CN1CCCC2(CCN(c3cccc(CN)c3)C(=O)O2)C1. The number of amides is 1. The molecule has 0 aromatic heterocycles. The van der Waals surface area contributed by atoms with Crippen LogP contribution in [-0.2, 0) is 11.3 Å². The summed E-state index contributed by atoms with van der Waals surface area (Å²) in [6.45, 7) is 3.11. The summed E-state index contributed by atoms with van der Waals surface area (Å²) in [5.74, 6) is 0. The number of rotatable bonds is 2. The van der Waals surface area contributed by atoms with Gasteiger partial charge in [0.05, 0.1) is 0 Å². The topological polar surface area (TPSA) is 58.8 Å². The summed E-state index contributed by atoms with van der Waals surface area (Å²) in [7, 11) is 2.09. The van der Waals surface area contributed by atoms with Crippen LogP contribution >= 0.6 is 0 Å². The number of carbonyl (C=O) groups excluding carboxylic acids is 1. The van der Waals surface area contributed by atoms with Gasteiger partial charge in [0, 0.05) is 31.7 Å². The van der Waals surface area contributed by atoms with E-state index in [9.17, 15) is 4.79 Å². The zero-order valence-corrected chi connectivity index (χ0v) is 12.5. The van der Waals surface area contributed by atoms with Crippen LogP contribution in [0.3, 0.4) is 0 Å². The molecule has 5 heteroatoms.